The smallest absolute Gasteiger partial charge is 0.408 e. The monoisotopic (exact) mass is 840 g/mol. The number of benzene rings is 2. The van der Waals surface area contributed by atoms with Crippen molar-refractivity contribution in [2.45, 2.75) is 133 Å². The Morgan fingerprint density at radius 1 is 1.00 bits per heavy atom. The second-order valence-electron chi connectivity index (χ2n) is 16.4. The van der Waals surface area contributed by atoms with Crippen molar-refractivity contribution in [1.29, 1.82) is 0 Å². The number of aryl methyl sites for hydroxylation is 1. The van der Waals surface area contributed by atoms with Crippen molar-refractivity contribution in [1.82, 2.24) is 20.5 Å². The quantitative estimate of drug-likeness (QED) is 0.173. The predicted octanol–water partition coefficient (Wildman–Crippen LogP) is 7.66. The number of alkyl carbamates (subject to hydrolysis) is 1. The lowest BCUT2D eigenvalue weighted by molar-refractivity contribution is -0.140. The molecule has 320 valence electrons. The minimum Gasteiger partial charge on any atom is -0.496 e. The van der Waals surface area contributed by atoms with E-state index in [1.807, 2.05) is 19.9 Å². The van der Waals surface area contributed by atoms with Crippen molar-refractivity contribution in [3.8, 4) is 17.4 Å². The summed E-state index contributed by atoms with van der Waals surface area (Å²) in [6.45, 7) is 3.99. The molecule has 59 heavy (non-hydrogen) atoms. The van der Waals surface area contributed by atoms with Crippen LogP contribution in [0.5, 0.6) is 17.4 Å². The molecular weight excluding hydrogens is 785 g/mol. The molecule has 4 aliphatic rings. The largest absolute Gasteiger partial charge is 0.496 e. The van der Waals surface area contributed by atoms with Gasteiger partial charge >= 0.3 is 6.09 Å². The number of hydrogen-bond donors (Lipinski definition) is 3. The van der Waals surface area contributed by atoms with Crippen molar-refractivity contribution in [3.63, 3.8) is 0 Å². The fourth-order valence-corrected chi connectivity index (χ4v) is 11.7. The zero-order valence-corrected chi connectivity index (χ0v) is 34.9. The zero-order valence-electron chi connectivity index (χ0n) is 34.0. The molecule has 0 radical (unpaired) electrons. The van der Waals surface area contributed by atoms with Gasteiger partial charge in [-0.05, 0) is 89.0 Å². The Kier molecular flexibility index (Phi) is 13.0. The molecule has 2 aliphatic carbocycles. The number of nitrogens with zero attached hydrogens (tertiary/aromatic N) is 2. The second kappa shape index (κ2) is 18.0. The molecule has 3 aromatic rings. The van der Waals surface area contributed by atoms with Gasteiger partial charge in [-0.2, -0.15) is 0 Å². The van der Waals surface area contributed by atoms with E-state index in [-0.39, 0.29) is 25.5 Å². The van der Waals surface area contributed by atoms with E-state index in [1.165, 1.54) is 11.0 Å². The van der Waals surface area contributed by atoms with E-state index in [1.54, 1.807) is 19.2 Å². The predicted molar refractivity (Wildman–Crippen MR) is 216 cm³/mol. The Balaban J connectivity index is 1.22. The molecule has 13 nitrogen and oxygen atoms in total. The molecule has 2 saturated carbocycles. The summed E-state index contributed by atoms with van der Waals surface area (Å²) in [6, 6.07) is 6.33. The van der Waals surface area contributed by atoms with Crippen LogP contribution in [0.25, 0.3) is 10.9 Å². The van der Waals surface area contributed by atoms with Crippen LogP contribution in [0.2, 0.25) is 0 Å². The van der Waals surface area contributed by atoms with Gasteiger partial charge in [0.25, 0.3) is 0 Å². The number of fused-ring (bicyclic) bond motifs is 3. The number of hydrogen-bond acceptors (Lipinski definition) is 9. The summed E-state index contributed by atoms with van der Waals surface area (Å²) in [5, 5.41) is 4.70. The third-order valence-corrected chi connectivity index (χ3v) is 15.1. The van der Waals surface area contributed by atoms with Crippen LogP contribution in [0, 0.1) is 24.5 Å². The molecule has 2 saturated heterocycles. The summed E-state index contributed by atoms with van der Waals surface area (Å²) >= 11 is 0. The van der Waals surface area contributed by atoms with Gasteiger partial charge in [0.2, 0.25) is 25.1 Å². The van der Waals surface area contributed by atoms with Crippen molar-refractivity contribution >= 4 is 36.2 Å². The first kappa shape index (κ1) is 42.6. The molecule has 3 amide bonds. The fraction of sp³-hybridized carbons (Fsp3) is 0.581. The molecule has 6 atom stereocenters. The third kappa shape index (κ3) is 9.16. The Morgan fingerprint density at radius 2 is 1.69 bits per heavy atom. The van der Waals surface area contributed by atoms with E-state index in [0.29, 0.717) is 60.6 Å². The summed E-state index contributed by atoms with van der Waals surface area (Å²) in [4.78, 5) is 60.5. The maximum absolute atomic E-state index is 14.9. The van der Waals surface area contributed by atoms with Crippen molar-refractivity contribution < 1.29 is 51.6 Å². The topological polar surface area (TPSA) is 166 Å². The van der Waals surface area contributed by atoms with Crippen LogP contribution in [0.4, 0.5) is 13.6 Å². The van der Waals surface area contributed by atoms with Crippen LogP contribution in [-0.2, 0) is 25.1 Å². The second-order valence-corrected chi connectivity index (χ2v) is 18.9. The number of aromatic nitrogens is 1. The summed E-state index contributed by atoms with van der Waals surface area (Å²) in [6.07, 6.45) is 5.67. The number of rotatable bonds is 10. The van der Waals surface area contributed by atoms with Crippen LogP contribution in [-0.4, -0.2) is 82.5 Å². The highest BCUT2D eigenvalue weighted by Crippen LogP contribution is 2.71. The minimum absolute atomic E-state index is 0.00183. The molecule has 16 heteroatoms. The summed E-state index contributed by atoms with van der Waals surface area (Å²) in [5.41, 5.74) is 0.831. The fourth-order valence-electron chi connectivity index (χ4n) is 9.17. The van der Waals surface area contributed by atoms with Gasteiger partial charge in [-0.1, -0.05) is 38.2 Å². The average Bonchev–Trinajstić information content (AvgIpc) is 3.47. The zero-order chi connectivity index (χ0) is 41.9. The Morgan fingerprint density at radius 3 is 2.41 bits per heavy atom. The van der Waals surface area contributed by atoms with Gasteiger partial charge in [-0.15, -0.1) is 0 Å². The van der Waals surface area contributed by atoms with Gasteiger partial charge in [0.05, 0.1) is 31.9 Å². The first-order chi connectivity index (χ1) is 28.3. The SMILES string of the molecule is CCOc1cc(OC2C[C@H]3C(=O)N[C@]4(P(=O)(O)Cc5c(F)cccc5F)C[C@H]4CCCCCCC[C@H](NC(=O)OC4CCCC4)C(=O)N3C2)c2ccc(OC)c(C)c2n1. The van der Waals surface area contributed by atoms with Crippen molar-refractivity contribution in [3.05, 3.63) is 59.2 Å². The Bertz CT molecular complexity index is 2080. The maximum Gasteiger partial charge on any atom is 0.408 e. The maximum atomic E-state index is 14.9. The molecule has 0 bridgehead atoms. The van der Waals surface area contributed by atoms with Crippen LogP contribution in [0.3, 0.4) is 0 Å². The van der Waals surface area contributed by atoms with Gasteiger partial charge in [0, 0.05) is 29.0 Å². The number of nitrogens with one attached hydrogen (secondary N) is 2. The van der Waals surface area contributed by atoms with E-state index < -0.39 is 78.0 Å². The van der Waals surface area contributed by atoms with Gasteiger partial charge in [-0.25, -0.2) is 18.6 Å². The molecule has 2 aliphatic heterocycles. The average molecular weight is 841 g/mol. The molecule has 7 rings (SSSR count). The summed E-state index contributed by atoms with van der Waals surface area (Å²) < 4.78 is 67.9. The van der Waals surface area contributed by atoms with Gasteiger partial charge in [-0.3, -0.25) is 14.2 Å². The van der Waals surface area contributed by atoms with Crippen LogP contribution >= 0.6 is 7.37 Å². The standard InChI is InChI=1S/C43H55F2N4O9P/c1-4-56-38-22-37(30-19-20-36(55-3)26(2)39(30)47-38)57-29-21-35-40(50)48-43(59(53,54)25-31-32(44)16-12-17-33(31)45)23-27(43)13-8-6-5-7-9-18-34(41(51)49(35)24-29)46-42(52)58-28-14-10-11-15-28/h12,16-17,19-20,22,27-29,34-35H,4-11,13-15,18,21,23-25H2,1-3H3,(H,46,52)(H,48,50)(H,53,54)/t27-,29?,34+,35+,43+/m1/s1. The number of ether oxygens (including phenoxy) is 4. The van der Waals surface area contributed by atoms with Crippen molar-refractivity contribution in [2.75, 3.05) is 20.3 Å². The lowest BCUT2D eigenvalue weighted by Crippen LogP contribution is -2.55. The van der Waals surface area contributed by atoms with E-state index in [9.17, 15) is 32.6 Å². The highest BCUT2D eigenvalue weighted by Gasteiger charge is 2.66. The van der Waals surface area contributed by atoms with Crippen LogP contribution in [0.15, 0.2) is 36.4 Å². The number of halogens is 2. The highest BCUT2D eigenvalue weighted by molar-refractivity contribution is 7.59. The highest BCUT2D eigenvalue weighted by atomic mass is 31.2. The van der Waals surface area contributed by atoms with Crippen LogP contribution < -0.4 is 24.8 Å². The Hall–Kier alpha value is -4.49. The molecular formula is C43H55F2N4O9P. The van der Waals surface area contributed by atoms with Gasteiger partial charge < -0.3 is 39.4 Å². The number of amides is 3. The molecule has 3 N–H and O–H groups in total. The third-order valence-electron chi connectivity index (χ3n) is 12.5. The minimum atomic E-state index is -4.52. The van der Waals surface area contributed by atoms with Crippen LogP contribution in [0.1, 0.15) is 102 Å². The summed E-state index contributed by atoms with van der Waals surface area (Å²) in [7, 11) is -2.96. The Labute approximate surface area is 343 Å². The molecule has 0 spiro atoms. The lowest BCUT2D eigenvalue weighted by Gasteiger charge is -2.31. The van der Waals surface area contributed by atoms with E-state index >= 15 is 0 Å². The molecule has 4 fully saturated rings. The number of pyridine rings is 1. The van der Waals surface area contributed by atoms with E-state index in [2.05, 4.69) is 15.6 Å². The number of carbonyl (C=O) groups is 3. The number of methoxy groups -OCH3 is 1. The van der Waals surface area contributed by atoms with Gasteiger partial charge in [0.1, 0.15) is 52.7 Å². The number of carbonyl (C=O) groups excluding carboxylic acids is 3. The molecule has 2 aromatic carbocycles. The van der Waals surface area contributed by atoms with Gasteiger partial charge in [0.15, 0.2) is 0 Å². The normalized spacial score (nSPS) is 26.4. The first-order valence-corrected chi connectivity index (χ1v) is 22.8. The first-order valence-electron chi connectivity index (χ1n) is 21.0. The lowest BCUT2D eigenvalue weighted by atomic mass is 10.0. The molecule has 1 aromatic heterocycles. The van der Waals surface area contributed by atoms with E-state index in [4.69, 9.17) is 18.9 Å². The molecule has 3 heterocycles. The molecule has 2 unspecified atom stereocenters. The van der Waals surface area contributed by atoms with Crippen molar-refractivity contribution in [2.24, 2.45) is 5.92 Å². The van der Waals surface area contributed by atoms with E-state index in [0.717, 1.165) is 62.6 Å². The summed E-state index contributed by atoms with van der Waals surface area (Å²) in [5.74, 6) is -2.17.